The van der Waals surface area contributed by atoms with E-state index in [0.717, 1.165) is 0 Å². The molecule has 2 N–H and O–H groups in total. The second-order valence-corrected chi connectivity index (χ2v) is 3.16. The number of benzene rings is 1. The van der Waals surface area contributed by atoms with Crippen molar-refractivity contribution < 1.29 is 19.0 Å². The van der Waals surface area contributed by atoms with Crippen molar-refractivity contribution in [3.05, 3.63) is 17.7 Å². The molecule has 0 aliphatic carbocycles. The van der Waals surface area contributed by atoms with Gasteiger partial charge in [-0.1, -0.05) is 0 Å². The number of hydrogen-bond donors (Lipinski definition) is 1. The summed E-state index contributed by atoms with van der Waals surface area (Å²) in [6, 6.07) is 3.29. The standard InChI is InChI=1S/C11H15NO4/c1-14-9-6-8(12)10(15-2)4-7(9)5-11(13)16-3/h4,6H,5,12H2,1-3H3. The Morgan fingerprint density at radius 2 is 1.81 bits per heavy atom. The number of methoxy groups -OCH3 is 3. The molecule has 0 spiro atoms. The Morgan fingerprint density at radius 1 is 1.19 bits per heavy atom. The molecule has 5 heteroatoms. The summed E-state index contributed by atoms with van der Waals surface area (Å²) >= 11 is 0. The van der Waals surface area contributed by atoms with Gasteiger partial charge < -0.3 is 19.9 Å². The summed E-state index contributed by atoms with van der Waals surface area (Å²) in [7, 11) is 4.37. The van der Waals surface area contributed by atoms with Crippen LogP contribution in [0.15, 0.2) is 12.1 Å². The molecule has 0 saturated carbocycles. The number of anilines is 1. The lowest BCUT2D eigenvalue weighted by Crippen LogP contribution is -2.07. The highest BCUT2D eigenvalue weighted by molar-refractivity contribution is 5.74. The van der Waals surface area contributed by atoms with Crippen molar-refractivity contribution >= 4 is 11.7 Å². The van der Waals surface area contributed by atoms with Crippen LogP contribution < -0.4 is 15.2 Å². The lowest BCUT2D eigenvalue weighted by Gasteiger charge is -2.11. The Labute approximate surface area is 94.1 Å². The summed E-state index contributed by atoms with van der Waals surface area (Å²) in [5.74, 6) is 0.716. The SMILES string of the molecule is COC(=O)Cc1cc(OC)c(N)cc1OC. The summed E-state index contributed by atoms with van der Waals surface area (Å²) in [6.07, 6.45) is 0.121. The molecule has 0 bridgehead atoms. The van der Waals surface area contributed by atoms with Crippen LogP contribution in [-0.2, 0) is 16.0 Å². The Hall–Kier alpha value is -1.91. The van der Waals surface area contributed by atoms with E-state index in [9.17, 15) is 4.79 Å². The van der Waals surface area contributed by atoms with Gasteiger partial charge in [-0.3, -0.25) is 4.79 Å². The minimum atomic E-state index is -0.342. The van der Waals surface area contributed by atoms with Crippen LogP contribution in [0.5, 0.6) is 11.5 Å². The monoisotopic (exact) mass is 225 g/mol. The third-order valence-electron chi connectivity index (χ3n) is 2.20. The number of carbonyl (C=O) groups excluding carboxylic acids is 1. The lowest BCUT2D eigenvalue weighted by atomic mass is 10.1. The van der Waals surface area contributed by atoms with E-state index in [1.165, 1.54) is 21.3 Å². The molecule has 0 aliphatic heterocycles. The lowest BCUT2D eigenvalue weighted by molar-refractivity contribution is -0.139. The molecule has 1 rings (SSSR count). The fourth-order valence-corrected chi connectivity index (χ4v) is 1.35. The van der Waals surface area contributed by atoms with Gasteiger partial charge in [0.2, 0.25) is 0 Å². The van der Waals surface area contributed by atoms with Crippen LogP contribution in [-0.4, -0.2) is 27.3 Å². The topological polar surface area (TPSA) is 70.8 Å². The van der Waals surface area contributed by atoms with E-state index in [1.54, 1.807) is 12.1 Å². The Morgan fingerprint density at radius 3 is 2.31 bits per heavy atom. The first-order chi connectivity index (χ1) is 7.62. The van der Waals surface area contributed by atoms with Gasteiger partial charge in [0.05, 0.1) is 33.4 Å². The highest BCUT2D eigenvalue weighted by Gasteiger charge is 2.12. The normalized spacial score (nSPS) is 9.69. The molecule has 5 nitrogen and oxygen atoms in total. The zero-order valence-electron chi connectivity index (χ0n) is 9.57. The number of ether oxygens (including phenoxy) is 3. The molecule has 88 valence electrons. The van der Waals surface area contributed by atoms with Gasteiger partial charge in [-0.25, -0.2) is 0 Å². The third-order valence-corrected chi connectivity index (χ3v) is 2.20. The van der Waals surface area contributed by atoms with E-state index in [4.69, 9.17) is 15.2 Å². The van der Waals surface area contributed by atoms with E-state index in [0.29, 0.717) is 22.7 Å². The second-order valence-electron chi connectivity index (χ2n) is 3.16. The molecule has 16 heavy (non-hydrogen) atoms. The second kappa shape index (κ2) is 5.25. The maximum Gasteiger partial charge on any atom is 0.310 e. The number of nitrogens with two attached hydrogens (primary N) is 1. The van der Waals surface area contributed by atoms with Gasteiger partial charge >= 0.3 is 5.97 Å². The Kier molecular flexibility index (Phi) is 3.99. The summed E-state index contributed by atoms with van der Waals surface area (Å²) in [5, 5.41) is 0. The first kappa shape index (κ1) is 12.2. The number of esters is 1. The van der Waals surface area contributed by atoms with E-state index in [1.807, 2.05) is 0 Å². The van der Waals surface area contributed by atoms with Crippen LogP contribution in [0.4, 0.5) is 5.69 Å². The predicted molar refractivity (Wildman–Crippen MR) is 59.7 cm³/mol. The van der Waals surface area contributed by atoms with Crippen LogP contribution in [0.3, 0.4) is 0 Å². The van der Waals surface area contributed by atoms with Crippen molar-refractivity contribution in [3.8, 4) is 11.5 Å². The highest BCUT2D eigenvalue weighted by Crippen LogP contribution is 2.31. The van der Waals surface area contributed by atoms with Gasteiger partial charge in [-0.05, 0) is 6.07 Å². The van der Waals surface area contributed by atoms with Gasteiger partial charge in [0.15, 0.2) is 0 Å². The number of hydrogen-bond acceptors (Lipinski definition) is 5. The van der Waals surface area contributed by atoms with Crippen molar-refractivity contribution in [1.29, 1.82) is 0 Å². The van der Waals surface area contributed by atoms with Gasteiger partial charge in [0.1, 0.15) is 11.5 Å². The molecule has 0 amide bonds. The molecule has 0 aromatic heterocycles. The molecule has 1 aromatic carbocycles. The summed E-state index contributed by atoms with van der Waals surface area (Å²) in [5.41, 5.74) is 6.87. The van der Waals surface area contributed by atoms with E-state index >= 15 is 0 Å². The van der Waals surface area contributed by atoms with Crippen molar-refractivity contribution in [3.63, 3.8) is 0 Å². The first-order valence-electron chi connectivity index (χ1n) is 4.69. The van der Waals surface area contributed by atoms with Crippen molar-refractivity contribution in [2.45, 2.75) is 6.42 Å². The quantitative estimate of drug-likeness (QED) is 0.611. The van der Waals surface area contributed by atoms with Crippen LogP contribution >= 0.6 is 0 Å². The van der Waals surface area contributed by atoms with Crippen molar-refractivity contribution in [2.24, 2.45) is 0 Å². The molecular weight excluding hydrogens is 210 g/mol. The number of rotatable bonds is 4. The predicted octanol–water partition coefficient (Wildman–Crippen LogP) is 1.00. The molecule has 0 fully saturated rings. The van der Waals surface area contributed by atoms with Gasteiger partial charge in [0.25, 0.3) is 0 Å². The van der Waals surface area contributed by atoms with E-state index in [2.05, 4.69) is 4.74 Å². The Balaban J connectivity index is 3.09. The average Bonchev–Trinajstić information content (AvgIpc) is 2.30. The Bertz CT molecular complexity index is 390. The largest absolute Gasteiger partial charge is 0.496 e. The number of carbonyl (C=O) groups is 1. The summed E-state index contributed by atoms with van der Waals surface area (Å²) < 4.78 is 14.8. The van der Waals surface area contributed by atoms with Gasteiger partial charge in [-0.15, -0.1) is 0 Å². The van der Waals surface area contributed by atoms with E-state index in [-0.39, 0.29) is 12.4 Å². The summed E-state index contributed by atoms with van der Waals surface area (Å²) in [6.45, 7) is 0. The molecule has 0 heterocycles. The molecule has 1 aromatic rings. The molecular formula is C11H15NO4. The third kappa shape index (κ3) is 2.56. The maximum atomic E-state index is 11.2. The van der Waals surface area contributed by atoms with E-state index < -0.39 is 0 Å². The van der Waals surface area contributed by atoms with Gasteiger partial charge in [-0.2, -0.15) is 0 Å². The first-order valence-corrected chi connectivity index (χ1v) is 4.69. The average molecular weight is 225 g/mol. The molecule has 0 radical (unpaired) electrons. The van der Waals surface area contributed by atoms with Crippen LogP contribution in [0.1, 0.15) is 5.56 Å². The summed E-state index contributed by atoms with van der Waals surface area (Å²) in [4.78, 5) is 11.2. The van der Waals surface area contributed by atoms with Crippen LogP contribution in [0.25, 0.3) is 0 Å². The zero-order chi connectivity index (χ0) is 12.1. The minimum Gasteiger partial charge on any atom is -0.496 e. The fourth-order valence-electron chi connectivity index (χ4n) is 1.35. The van der Waals surface area contributed by atoms with Crippen molar-refractivity contribution in [2.75, 3.05) is 27.1 Å². The molecule has 0 atom stereocenters. The van der Waals surface area contributed by atoms with Gasteiger partial charge in [0, 0.05) is 11.6 Å². The maximum absolute atomic E-state index is 11.2. The van der Waals surface area contributed by atoms with Crippen LogP contribution in [0, 0.1) is 0 Å². The van der Waals surface area contributed by atoms with Crippen LogP contribution in [0.2, 0.25) is 0 Å². The minimum absolute atomic E-state index is 0.121. The smallest absolute Gasteiger partial charge is 0.310 e. The highest BCUT2D eigenvalue weighted by atomic mass is 16.5. The molecule has 0 aliphatic rings. The fraction of sp³-hybridized carbons (Fsp3) is 0.364. The van der Waals surface area contributed by atoms with Crippen molar-refractivity contribution in [1.82, 2.24) is 0 Å². The number of nitrogen functional groups attached to an aromatic ring is 1. The molecule has 0 unspecified atom stereocenters. The molecule has 0 saturated heterocycles. The zero-order valence-corrected chi connectivity index (χ0v) is 9.57.